The molecule has 0 heterocycles. The number of nitrogens with one attached hydrogen (secondary N) is 2. The summed E-state index contributed by atoms with van der Waals surface area (Å²) in [6.45, 7) is 9.48. The quantitative estimate of drug-likeness (QED) is 0.256. The molecular weight excluding hydrogens is 396 g/mol. The lowest BCUT2D eigenvalue weighted by Crippen LogP contribution is -2.19. The molecule has 0 bridgehead atoms. The van der Waals surface area contributed by atoms with Gasteiger partial charge in [-0.2, -0.15) is 0 Å². The van der Waals surface area contributed by atoms with Crippen molar-refractivity contribution >= 4 is 35.5 Å². The van der Waals surface area contributed by atoms with Crippen LogP contribution >= 0.6 is 0 Å². The minimum absolute atomic E-state index is 0.0868. The molecule has 0 aliphatic rings. The summed E-state index contributed by atoms with van der Waals surface area (Å²) in [6.07, 6.45) is -1.46. The summed E-state index contributed by atoms with van der Waals surface area (Å²) in [6, 6.07) is 6.14. The van der Waals surface area contributed by atoms with Crippen LogP contribution in [-0.2, 0) is 28.5 Å². The molecule has 10 heteroatoms. The van der Waals surface area contributed by atoms with Gasteiger partial charge in [-0.1, -0.05) is 13.2 Å². The molecule has 162 valence electrons. The first-order valence-electron chi connectivity index (χ1n) is 8.82. The minimum Gasteiger partial charge on any atom is -0.459 e. The summed E-state index contributed by atoms with van der Waals surface area (Å²) in [7, 11) is 0. The maximum absolute atomic E-state index is 11.7. The zero-order chi connectivity index (χ0) is 22.5. The number of amides is 2. The average Bonchev–Trinajstić information content (AvgIpc) is 2.69. The fourth-order valence-electron chi connectivity index (χ4n) is 1.73. The third-order valence-electron chi connectivity index (χ3n) is 3.17. The number of ether oxygens (including phenoxy) is 4. The lowest BCUT2D eigenvalue weighted by atomic mass is 10.3. The van der Waals surface area contributed by atoms with Crippen molar-refractivity contribution in [1.82, 2.24) is 0 Å². The highest BCUT2D eigenvalue weighted by Gasteiger charge is 2.08. The van der Waals surface area contributed by atoms with Crippen molar-refractivity contribution in [2.45, 2.75) is 13.8 Å². The van der Waals surface area contributed by atoms with E-state index in [9.17, 15) is 19.2 Å². The molecular formula is C20H24N2O8. The van der Waals surface area contributed by atoms with Crippen LogP contribution < -0.4 is 10.6 Å². The first kappa shape index (κ1) is 24.2. The van der Waals surface area contributed by atoms with Gasteiger partial charge in [0, 0.05) is 22.5 Å². The molecule has 0 unspecified atom stereocenters. The summed E-state index contributed by atoms with van der Waals surface area (Å²) in [5.41, 5.74) is 1.35. The topological polar surface area (TPSA) is 129 Å². The summed E-state index contributed by atoms with van der Waals surface area (Å²) in [4.78, 5) is 45.7. The van der Waals surface area contributed by atoms with Crippen LogP contribution in [0.1, 0.15) is 13.8 Å². The molecule has 0 atom stereocenters. The second-order valence-electron chi connectivity index (χ2n) is 5.93. The van der Waals surface area contributed by atoms with Crippen LogP contribution in [-0.4, -0.2) is 50.6 Å². The Bertz CT molecular complexity index is 735. The van der Waals surface area contributed by atoms with Crippen molar-refractivity contribution in [3.63, 3.8) is 0 Å². The molecule has 2 amide bonds. The molecule has 2 N–H and O–H groups in total. The number of esters is 2. The minimum atomic E-state index is -0.731. The highest BCUT2D eigenvalue weighted by atomic mass is 16.6. The van der Waals surface area contributed by atoms with E-state index >= 15 is 0 Å². The molecule has 0 saturated carbocycles. The van der Waals surface area contributed by atoms with Gasteiger partial charge in [0.15, 0.2) is 0 Å². The molecule has 1 aromatic rings. The van der Waals surface area contributed by atoms with Crippen LogP contribution in [0, 0.1) is 0 Å². The van der Waals surface area contributed by atoms with E-state index in [1.54, 1.807) is 0 Å². The van der Waals surface area contributed by atoms with Crippen LogP contribution in [0.15, 0.2) is 48.6 Å². The zero-order valence-corrected chi connectivity index (χ0v) is 16.8. The lowest BCUT2D eigenvalue weighted by Gasteiger charge is -2.10. The fourth-order valence-corrected chi connectivity index (χ4v) is 1.73. The summed E-state index contributed by atoms with van der Waals surface area (Å²) < 4.78 is 19.3. The van der Waals surface area contributed by atoms with Crippen LogP contribution in [0.2, 0.25) is 0 Å². The van der Waals surface area contributed by atoms with Gasteiger partial charge in [0.2, 0.25) is 0 Å². The fraction of sp³-hybridized carbons (Fsp3) is 0.300. The van der Waals surface area contributed by atoms with E-state index in [-0.39, 0.29) is 37.6 Å². The standard InChI is InChI=1S/C20H24N2O8/c1-13(2)17(23)27-9-11-29-19(25)21-15-5-7-16(8-6-15)22-20(26)30-12-10-28-18(24)14(3)4/h5-8H,1,3,9-12H2,2,4H3,(H,21,25)(H,22,26). The van der Waals surface area contributed by atoms with E-state index in [1.165, 1.54) is 38.1 Å². The normalized spacial score (nSPS) is 9.67. The van der Waals surface area contributed by atoms with Crippen LogP contribution in [0.3, 0.4) is 0 Å². The molecule has 0 aromatic heterocycles. The predicted octanol–water partition coefficient (Wildman–Crippen LogP) is 3.02. The Kier molecular flexibility index (Phi) is 10.2. The lowest BCUT2D eigenvalue weighted by molar-refractivity contribution is -0.140. The van der Waals surface area contributed by atoms with E-state index in [1.807, 2.05) is 0 Å². The van der Waals surface area contributed by atoms with Crippen molar-refractivity contribution in [2.75, 3.05) is 37.1 Å². The molecule has 0 aliphatic carbocycles. The Morgan fingerprint density at radius 3 is 1.27 bits per heavy atom. The molecule has 0 radical (unpaired) electrons. The van der Waals surface area contributed by atoms with Crippen LogP contribution in [0.25, 0.3) is 0 Å². The van der Waals surface area contributed by atoms with Gasteiger partial charge >= 0.3 is 24.1 Å². The van der Waals surface area contributed by atoms with Gasteiger partial charge in [0.05, 0.1) is 0 Å². The SMILES string of the molecule is C=C(C)C(=O)OCCOC(=O)Nc1ccc(NC(=O)OCCOC(=O)C(=C)C)cc1. The molecule has 10 nitrogen and oxygen atoms in total. The number of benzene rings is 1. The Hall–Kier alpha value is -3.82. The molecule has 1 rings (SSSR count). The Morgan fingerprint density at radius 2 is 0.967 bits per heavy atom. The van der Waals surface area contributed by atoms with Crippen LogP contribution in [0.4, 0.5) is 21.0 Å². The predicted molar refractivity (Wildman–Crippen MR) is 108 cm³/mol. The summed E-state index contributed by atoms with van der Waals surface area (Å²) in [5.74, 6) is -1.12. The van der Waals surface area contributed by atoms with Crippen molar-refractivity contribution < 1.29 is 38.1 Å². The van der Waals surface area contributed by atoms with Gasteiger partial charge < -0.3 is 18.9 Å². The first-order chi connectivity index (χ1) is 14.2. The monoisotopic (exact) mass is 420 g/mol. The third-order valence-corrected chi connectivity index (χ3v) is 3.17. The van der Waals surface area contributed by atoms with Crippen molar-refractivity contribution in [1.29, 1.82) is 0 Å². The Morgan fingerprint density at radius 1 is 0.667 bits per heavy atom. The summed E-state index contributed by atoms with van der Waals surface area (Å²) >= 11 is 0. The van der Waals surface area contributed by atoms with Crippen LogP contribution in [0.5, 0.6) is 0 Å². The van der Waals surface area contributed by atoms with E-state index < -0.39 is 24.1 Å². The van der Waals surface area contributed by atoms with Crippen molar-refractivity contribution in [2.24, 2.45) is 0 Å². The van der Waals surface area contributed by atoms with E-state index in [0.29, 0.717) is 11.4 Å². The van der Waals surface area contributed by atoms with E-state index in [2.05, 4.69) is 23.8 Å². The molecule has 1 aromatic carbocycles. The molecule has 30 heavy (non-hydrogen) atoms. The summed E-state index contributed by atoms with van der Waals surface area (Å²) in [5, 5.41) is 4.95. The van der Waals surface area contributed by atoms with Gasteiger partial charge in [-0.3, -0.25) is 10.6 Å². The number of carbonyl (C=O) groups excluding carboxylic acids is 4. The molecule has 0 aliphatic heterocycles. The molecule has 0 spiro atoms. The number of rotatable bonds is 10. The first-order valence-corrected chi connectivity index (χ1v) is 8.82. The number of carbonyl (C=O) groups is 4. The van der Waals surface area contributed by atoms with Gasteiger partial charge in [-0.15, -0.1) is 0 Å². The van der Waals surface area contributed by atoms with Crippen molar-refractivity contribution in [3.8, 4) is 0 Å². The number of hydrogen-bond acceptors (Lipinski definition) is 8. The molecule has 0 saturated heterocycles. The third kappa shape index (κ3) is 9.93. The maximum atomic E-state index is 11.7. The largest absolute Gasteiger partial charge is 0.459 e. The Balaban J connectivity index is 2.28. The van der Waals surface area contributed by atoms with Crippen molar-refractivity contribution in [3.05, 3.63) is 48.6 Å². The second kappa shape index (κ2) is 12.6. The molecule has 0 fully saturated rings. The highest BCUT2D eigenvalue weighted by Crippen LogP contribution is 2.14. The van der Waals surface area contributed by atoms with Gasteiger partial charge in [0.25, 0.3) is 0 Å². The van der Waals surface area contributed by atoms with E-state index in [0.717, 1.165) is 0 Å². The smallest absolute Gasteiger partial charge is 0.411 e. The van der Waals surface area contributed by atoms with Gasteiger partial charge in [-0.25, -0.2) is 19.2 Å². The van der Waals surface area contributed by atoms with E-state index in [4.69, 9.17) is 18.9 Å². The van der Waals surface area contributed by atoms with Gasteiger partial charge in [-0.05, 0) is 38.1 Å². The zero-order valence-electron chi connectivity index (χ0n) is 16.8. The van der Waals surface area contributed by atoms with Gasteiger partial charge in [0.1, 0.15) is 26.4 Å². The second-order valence-corrected chi connectivity index (χ2v) is 5.93. The number of anilines is 2. The number of hydrogen-bond donors (Lipinski definition) is 2. The average molecular weight is 420 g/mol. The Labute approximate surface area is 173 Å². The highest BCUT2D eigenvalue weighted by molar-refractivity contribution is 5.88. The maximum Gasteiger partial charge on any atom is 0.411 e.